The lowest BCUT2D eigenvalue weighted by Gasteiger charge is -2.28. The van der Waals surface area contributed by atoms with Crippen LogP contribution in [0.3, 0.4) is 0 Å². The summed E-state index contributed by atoms with van der Waals surface area (Å²) in [5, 5.41) is 9.26. The smallest absolute Gasteiger partial charge is 0.213 e. The predicted molar refractivity (Wildman–Crippen MR) is 117 cm³/mol. The molecule has 6 heteroatoms. The summed E-state index contributed by atoms with van der Waals surface area (Å²) in [7, 11) is 0. The molecule has 0 N–H and O–H groups in total. The molecule has 0 amide bonds. The molecule has 1 atom stereocenters. The number of halogens is 1. The summed E-state index contributed by atoms with van der Waals surface area (Å²) in [5.74, 6) is 3.81. The largest absolute Gasteiger partial charge is 0.474 e. The zero-order valence-corrected chi connectivity index (χ0v) is 18.2. The van der Waals surface area contributed by atoms with E-state index in [1.54, 1.807) is 18.3 Å². The number of pyridine rings is 1. The molecule has 0 spiro atoms. The predicted octanol–water partition coefficient (Wildman–Crippen LogP) is 5.28. The number of ether oxygens (including phenoxy) is 1. The van der Waals surface area contributed by atoms with Gasteiger partial charge in [-0.15, -0.1) is 10.2 Å². The molecule has 0 radical (unpaired) electrons. The van der Waals surface area contributed by atoms with Crippen LogP contribution in [0, 0.1) is 17.7 Å². The number of hydrogen-bond donors (Lipinski definition) is 0. The van der Waals surface area contributed by atoms with Crippen molar-refractivity contribution in [2.75, 3.05) is 0 Å². The Labute approximate surface area is 182 Å². The van der Waals surface area contributed by atoms with E-state index in [-0.39, 0.29) is 11.9 Å². The van der Waals surface area contributed by atoms with E-state index in [2.05, 4.69) is 33.6 Å². The summed E-state index contributed by atoms with van der Waals surface area (Å²) in [6.07, 6.45) is 7.63. The molecule has 1 aliphatic carbocycles. The van der Waals surface area contributed by atoms with E-state index in [1.807, 2.05) is 24.3 Å². The highest BCUT2D eigenvalue weighted by atomic mass is 19.1. The lowest BCUT2D eigenvalue weighted by Crippen LogP contribution is -2.25. The van der Waals surface area contributed by atoms with Crippen molar-refractivity contribution in [2.24, 2.45) is 11.8 Å². The molecule has 1 aromatic carbocycles. The summed E-state index contributed by atoms with van der Waals surface area (Å²) in [6, 6.07) is 10.9. The fraction of sp³-hybridized carbons (Fsp3) is 0.480. The molecular weight excluding hydrogens is 391 g/mol. The van der Waals surface area contributed by atoms with Crippen LogP contribution >= 0.6 is 0 Å². The summed E-state index contributed by atoms with van der Waals surface area (Å²) in [5.41, 5.74) is 2.11. The average Bonchev–Trinajstić information content (AvgIpc) is 3.10. The number of benzene rings is 1. The zero-order valence-electron chi connectivity index (χ0n) is 18.2. The molecule has 2 aromatic heterocycles. The van der Waals surface area contributed by atoms with Crippen molar-refractivity contribution >= 4 is 0 Å². The third kappa shape index (κ3) is 4.08. The normalized spacial score (nSPS) is 23.2. The van der Waals surface area contributed by atoms with Gasteiger partial charge in [-0.2, -0.15) is 0 Å². The molecule has 1 saturated carbocycles. The maximum atomic E-state index is 14.1. The van der Waals surface area contributed by atoms with Crippen LogP contribution in [0.15, 0.2) is 42.6 Å². The van der Waals surface area contributed by atoms with E-state index in [0.717, 1.165) is 61.4 Å². The molecule has 3 aromatic rings. The van der Waals surface area contributed by atoms with Gasteiger partial charge in [0.25, 0.3) is 0 Å². The first kappa shape index (κ1) is 20.2. The molecule has 2 aliphatic rings. The zero-order chi connectivity index (χ0) is 21.4. The van der Waals surface area contributed by atoms with Crippen LogP contribution in [-0.4, -0.2) is 25.9 Å². The van der Waals surface area contributed by atoms with E-state index in [0.29, 0.717) is 23.6 Å². The van der Waals surface area contributed by atoms with Crippen molar-refractivity contribution in [3.63, 3.8) is 0 Å². The second-order valence-electron chi connectivity index (χ2n) is 9.25. The number of hydrogen-bond acceptors (Lipinski definition) is 4. The molecule has 0 saturated heterocycles. The minimum absolute atomic E-state index is 0.175. The lowest BCUT2D eigenvalue weighted by atomic mass is 9.86. The van der Waals surface area contributed by atoms with Gasteiger partial charge in [-0.3, -0.25) is 4.57 Å². The van der Waals surface area contributed by atoms with Crippen LogP contribution in [0.25, 0.3) is 5.69 Å². The summed E-state index contributed by atoms with van der Waals surface area (Å²) in [6.45, 7) is 4.47. The SMILES string of the molecule is CC(C)C1Cc2cc(F)ccc2-n2c(nnc2C2CCC(Oc3ccccn3)CC2)C1. The van der Waals surface area contributed by atoms with Crippen LogP contribution < -0.4 is 4.74 Å². The van der Waals surface area contributed by atoms with E-state index >= 15 is 0 Å². The molecule has 5 rings (SSSR count). The van der Waals surface area contributed by atoms with Gasteiger partial charge in [0, 0.05) is 24.6 Å². The van der Waals surface area contributed by atoms with E-state index in [1.165, 1.54) is 0 Å². The van der Waals surface area contributed by atoms with Gasteiger partial charge in [0.15, 0.2) is 0 Å². The lowest BCUT2D eigenvalue weighted by molar-refractivity contribution is 0.139. The van der Waals surface area contributed by atoms with Gasteiger partial charge in [-0.05, 0) is 73.8 Å². The maximum absolute atomic E-state index is 14.1. The summed E-state index contributed by atoms with van der Waals surface area (Å²) >= 11 is 0. The Bertz CT molecular complexity index is 1040. The molecule has 1 unspecified atom stereocenters. The Morgan fingerprint density at radius 3 is 2.61 bits per heavy atom. The number of aromatic nitrogens is 4. The van der Waals surface area contributed by atoms with E-state index < -0.39 is 0 Å². The standard InChI is InChI=1S/C25H29FN4O/c1-16(2)18-13-19-14-20(26)8-11-22(19)30-23(15-18)28-29-25(30)17-6-9-21(10-7-17)31-24-5-3-4-12-27-24/h3-5,8,11-12,14,16-18,21H,6-7,9-10,13,15H2,1-2H3. The van der Waals surface area contributed by atoms with E-state index in [4.69, 9.17) is 4.74 Å². The third-order valence-corrected chi connectivity index (χ3v) is 6.87. The number of fused-ring (bicyclic) bond motifs is 3. The Morgan fingerprint density at radius 1 is 1.03 bits per heavy atom. The van der Waals surface area contributed by atoms with Crippen LogP contribution in [0.5, 0.6) is 5.88 Å². The third-order valence-electron chi connectivity index (χ3n) is 6.87. The molecule has 0 bridgehead atoms. The molecule has 3 heterocycles. The fourth-order valence-corrected chi connectivity index (χ4v) is 5.01. The maximum Gasteiger partial charge on any atom is 0.213 e. The first-order chi connectivity index (χ1) is 15.1. The van der Waals surface area contributed by atoms with Gasteiger partial charge in [0.05, 0.1) is 5.69 Å². The molecule has 1 fully saturated rings. The second-order valence-corrected chi connectivity index (χ2v) is 9.25. The topological polar surface area (TPSA) is 52.8 Å². The van der Waals surface area contributed by atoms with Gasteiger partial charge in [-0.1, -0.05) is 19.9 Å². The average molecular weight is 421 g/mol. The van der Waals surface area contributed by atoms with Crippen LogP contribution in [-0.2, 0) is 12.8 Å². The monoisotopic (exact) mass is 420 g/mol. The second kappa shape index (κ2) is 8.40. The van der Waals surface area contributed by atoms with Crippen molar-refractivity contribution in [3.05, 3.63) is 65.6 Å². The Morgan fingerprint density at radius 2 is 1.87 bits per heavy atom. The van der Waals surface area contributed by atoms with Gasteiger partial charge < -0.3 is 4.74 Å². The van der Waals surface area contributed by atoms with E-state index in [9.17, 15) is 4.39 Å². The van der Waals surface area contributed by atoms with Crippen molar-refractivity contribution in [1.29, 1.82) is 0 Å². The van der Waals surface area contributed by atoms with Crippen molar-refractivity contribution < 1.29 is 9.13 Å². The van der Waals surface area contributed by atoms with Crippen LogP contribution in [0.1, 0.15) is 62.7 Å². The molecular formula is C25H29FN4O. The molecule has 5 nitrogen and oxygen atoms in total. The summed E-state index contributed by atoms with van der Waals surface area (Å²) < 4.78 is 22.4. The van der Waals surface area contributed by atoms with Gasteiger partial charge in [-0.25, -0.2) is 9.37 Å². The van der Waals surface area contributed by atoms with Gasteiger partial charge >= 0.3 is 0 Å². The van der Waals surface area contributed by atoms with Crippen LogP contribution in [0.2, 0.25) is 0 Å². The molecule has 162 valence electrons. The highest BCUT2D eigenvalue weighted by molar-refractivity contribution is 5.45. The first-order valence-electron chi connectivity index (χ1n) is 11.4. The van der Waals surface area contributed by atoms with Crippen molar-refractivity contribution in [1.82, 2.24) is 19.7 Å². The van der Waals surface area contributed by atoms with Crippen LogP contribution in [0.4, 0.5) is 4.39 Å². The minimum Gasteiger partial charge on any atom is -0.474 e. The Kier molecular flexibility index (Phi) is 5.47. The molecule has 1 aliphatic heterocycles. The van der Waals surface area contributed by atoms with Crippen molar-refractivity contribution in [2.45, 2.75) is 64.4 Å². The van der Waals surface area contributed by atoms with Crippen molar-refractivity contribution in [3.8, 4) is 11.6 Å². The van der Waals surface area contributed by atoms with Gasteiger partial charge in [0.2, 0.25) is 5.88 Å². The highest BCUT2D eigenvalue weighted by Gasteiger charge is 2.32. The Balaban J connectivity index is 1.40. The molecule has 31 heavy (non-hydrogen) atoms. The quantitative estimate of drug-likeness (QED) is 0.576. The summed E-state index contributed by atoms with van der Waals surface area (Å²) in [4.78, 5) is 4.28. The fourth-order valence-electron chi connectivity index (χ4n) is 5.01. The number of rotatable bonds is 4. The first-order valence-corrected chi connectivity index (χ1v) is 11.4. The van der Waals surface area contributed by atoms with Gasteiger partial charge in [0.1, 0.15) is 23.6 Å². The minimum atomic E-state index is -0.175. The Hall–Kier alpha value is -2.76. The highest BCUT2D eigenvalue weighted by Crippen LogP contribution is 2.38. The number of nitrogens with zero attached hydrogens (tertiary/aromatic N) is 4.